The molecule has 2 heterocycles. The SMILES string of the molecule is c1ccc(-c2cc(-c3ccccc3)c3sc4c5cc(-c6ccccc6)cc(-c6ccccc6)c5sc4c3c2)cc1. The summed E-state index contributed by atoms with van der Waals surface area (Å²) in [6.45, 7) is 0. The molecule has 0 N–H and O–H groups in total. The van der Waals surface area contributed by atoms with E-state index in [1.165, 1.54) is 74.1 Å². The molecule has 188 valence electrons. The summed E-state index contributed by atoms with van der Waals surface area (Å²) in [7, 11) is 0. The molecule has 0 spiro atoms. The zero-order valence-electron chi connectivity index (χ0n) is 21.7. The fourth-order valence-electron chi connectivity index (χ4n) is 5.73. The van der Waals surface area contributed by atoms with Crippen LogP contribution >= 0.6 is 22.7 Å². The lowest BCUT2D eigenvalue weighted by Crippen LogP contribution is -1.83. The van der Waals surface area contributed by atoms with Crippen LogP contribution in [0.15, 0.2) is 146 Å². The third-order valence-corrected chi connectivity index (χ3v) is 10.3. The highest BCUT2D eigenvalue weighted by molar-refractivity contribution is 7.37. The predicted octanol–water partition coefficient (Wildman–Crippen LogP) is 11.9. The first kappa shape index (κ1) is 23.4. The Morgan fingerprint density at radius 2 is 0.600 bits per heavy atom. The van der Waals surface area contributed by atoms with E-state index >= 15 is 0 Å². The molecule has 0 fully saturated rings. The Morgan fingerprint density at radius 1 is 0.275 bits per heavy atom. The Morgan fingerprint density at radius 3 is 0.950 bits per heavy atom. The van der Waals surface area contributed by atoms with Crippen LogP contribution in [-0.4, -0.2) is 0 Å². The second-order valence-electron chi connectivity index (χ2n) is 10.1. The van der Waals surface area contributed by atoms with Crippen LogP contribution in [0.25, 0.3) is 74.1 Å². The lowest BCUT2D eigenvalue weighted by atomic mass is 9.96. The maximum atomic E-state index is 2.41. The van der Waals surface area contributed by atoms with Crippen molar-refractivity contribution in [1.29, 1.82) is 0 Å². The third kappa shape index (κ3) is 3.88. The summed E-state index contributed by atoms with van der Waals surface area (Å²) < 4.78 is 5.49. The van der Waals surface area contributed by atoms with Gasteiger partial charge in [0.1, 0.15) is 0 Å². The van der Waals surface area contributed by atoms with Crippen LogP contribution in [0.2, 0.25) is 0 Å². The Kier molecular flexibility index (Phi) is 5.62. The van der Waals surface area contributed by atoms with Gasteiger partial charge in [0, 0.05) is 31.3 Å². The largest absolute Gasteiger partial charge is 0.133 e. The Labute approximate surface area is 241 Å². The van der Waals surface area contributed by atoms with Crippen LogP contribution in [0.5, 0.6) is 0 Å². The second-order valence-corrected chi connectivity index (χ2v) is 12.2. The summed E-state index contributed by atoms with van der Waals surface area (Å²) in [6.07, 6.45) is 0. The molecule has 0 atom stereocenters. The summed E-state index contributed by atoms with van der Waals surface area (Å²) in [5, 5.41) is 2.70. The summed E-state index contributed by atoms with van der Waals surface area (Å²) in [5.41, 5.74) is 10.2. The molecule has 2 aromatic heterocycles. The van der Waals surface area contributed by atoms with E-state index in [9.17, 15) is 0 Å². The molecule has 0 nitrogen and oxygen atoms in total. The van der Waals surface area contributed by atoms with E-state index in [0.29, 0.717) is 0 Å². The molecule has 0 bridgehead atoms. The Bertz CT molecular complexity index is 1960. The van der Waals surface area contributed by atoms with Crippen LogP contribution in [-0.2, 0) is 0 Å². The summed E-state index contributed by atoms with van der Waals surface area (Å²) in [5.74, 6) is 0. The molecule has 0 amide bonds. The van der Waals surface area contributed by atoms with Gasteiger partial charge in [-0.25, -0.2) is 0 Å². The molecule has 0 saturated carbocycles. The van der Waals surface area contributed by atoms with Crippen molar-refractivity contribution in [2.45, 2.75) is 0 Å². The van der Waals surface area contributed by atoms with Crippen molar-refractivity contribution in [3.63, 3.8) is 0 Å². The molecule has 40 heavy (non-hydrogen) atoms. The van der Waals surface area contributed by atoms with Crippen LogP contribution < -0.4 is 0 Å². The van der Waals surface area contributed by atoms with Gasteiger partial charge in [-0.05, 0) is 57.6 Å². The molecule has 0 aliphatic heterocycles. The van der Waals surface area contributed by atoms with Gasteiger partial charge in [-0.1, -0.05) is 121 Å². The molecular formula is C38H24S2. The van der Waals surface area contributed by atoms with E-state index in [2.05, 4.69) is 146 Å². The van der Waals surface area contributed by atoms with Crippen molar-refractivity contribution < 1.29 is 0 Å². The molecule has 0 saturated heterocycles. The maximum Gasteiger partial charge on any atom is 0.0542 e. The topological polar surface area (TPSA) is 0 Å². The van der Waals surface area contributed by atoms with Crippen molar-refractivity contribution in [2.24, 2.45) is 0 Å². The lowest BCUT2D eigenvalue weighted by molar-refractivity contribution is 1.63. The van der Waals surface area contributed by atoms with Gasteiger partial charge < -0.3 is 0 Å². The van der Waals surface area contributed by atoms with Gasteiger partial charge in [0.25, 0.3) is 0 Å². The second kappa shape index (κ2) is 9.60. The minimum absolute atomic E-state index is 1.25. The Hall–Kier alpha value is -4.50. The highest BCUT2D eigenvalue weighted by atomic mass is 32.1. The van der Waals surface area contributed by atoms with E-state index in [0.717, 1.165) is 0 Å². The summed E-state index contributed by atoms with van der Waals surface area (Å²) in [6, 6.07) is 52.8. The van der Waals surface area contributed by atoms with Gasteiger partial charge in [0.15, 0.2) is 0 Å². The average molecular weight is 545 g/mol. The number of rotatable bonds is 4. The van der Waals surface area contributed by atoms with Crippen molar-refractivity contribution in [3.8, 4) is 44.5 Å². The van der Waals surface area contributed by atoms with Gasteiger partial charge in [-0.3, -0.25) is 0 Å². The highest BCUT2D eigenvalue weighted by Gasteiger charge is 2.20. The van der Waals surface area contributed by atoms with Crippen LogP contribution in [0.4, 0.5) is 0 Å². The number of fused-ring (bicyclic) bond motifs is 5. The number of benzene rings is 6. The molecule has 2 heteroatoms. The van der Waals surface area contributed by atoms with Crippen LogP contribution in [0.1, 0.15) is 0 Å². The lowest BCUT2D eigenvalue weighted by Gasteiger charge is -2.10. The van der Waals surface area contributed by atoms with Gasteiger partial charge in [-0.2, -0.15) is 0 Å². The molecule has 6 aromatic carbocycles. The standard InChI is InChI=1S/C38H24S2/c1-5-13-25(14-6-1)29-21-31(27-17-9-3-10-18-27)35-33(23-29)37-38(39-35)34-24-30(26-15-7-2-8-16-26)22-32(36(34)40-37)28-19-11-4-12-20-28/h1-24H. The molecule has 0 aliphatic rings. The normalized spacial score (nSPS) is 11.5. The smallest absolute Gasteiger partial charge is 0.0542 e. The first-order chi connectivity index (χ1) is 19.8. The fourth-order valence-corrected chi connectivity index (χ4v) is 8.58. The van der Waals surface area contributed by atoms with Crippen molar-refractivity contribution in [2.75, 3.05) is 0 Å². The molecule has 8 rings (SSSR count). The number of hydrogen-bond acceptors (Lipinski definition) is 2. The minimum atomic E-state index is 1.25. The van der Waals surface area contributed by atoms with Gasteiger partial charge in [-0.15, -0.1) is 22.7 Å². The molecule has 0 aliphatic carbocycles. The highest BCUT2D eigenvalue weighted by Crippen LogP contribution is 2.51. The number of hydrogen-bond donors (Lipinski definition) is 0. The van der Waals surface area contributed by atoms with E-state index in [4.69, 9.17) is 0 Å². The maximum absolute atomic E-state index is 2.41. The zero-order valence-corrected chi connectivity index (χ0v) is 23.3. The third-order valence-electron chi connectivity index (χ3n) is 7.67. The Balaban J connectivity index is 1.48. The van der Waals surface area contributed by atoms with Gasteiger partial charge in [0.05, 0.1) is 9.40 Å². The van der Waals surface area contributed by atoms with Crippen molar-refractivity contribution in [3.05, 3.63) is 146 Å². The summed E-state index contributed by atoms with van der Waals surface area (Å²) in [4.78, 5) is 0. The first-order valence-corrected chi connectivity index (χ1v) is 15.2. The molecule has 8 aromatic rings. The zero-order chi connectivity index (χ0) is 26.5. The summed E-state index contributed by atoms with van der Waals surface area (Å²) >= 11 is 3.88. The van der Waals surface area contributed by atoms with Gasteiger partial charge in [0.2, 0.25) is 0 Å². The quantitative estimate of drug-likeness (QED) is 0.207. The van der Waals surface area contributed by atoms with E-state index in [-0.39, 0.29) is 0 Å². The van der Waals surface area contributed by atoms with Gasteiger partial charge >= 0.3 is 0 Å². The predicted molar refractivity (Wildman–Crippen MR) is 176 cm³/mol. The fraction of sp³-hybridized carbons (Fsp3) is 0. The average Bonchev–Trinajstić information content (AvgIpc) is 3.58. The van der Waals surface area contributed by atoms with Crippen molar-refractivity contribution >= 4 is 52.2 Å². The van der Waals surface area contributed by atoms with E-state index in [1.54, 1.807) is 0 Å². The minimum Gasteiger partial charge on any atom is -0.133 e. The van der Waals surface area contributed by atoms with Crippen LogP contribution in [0.3, 0.4) is 0 Å². The molecular weight excluding hydrogens is 521 g/mol. The van der Waals surface area contributed by atoms with Crippen LogP contribution in [0, 0.1) is 0 Å². The molecule has 0 unspecified atom stereocenters. The van der Waals surface area contributed by atoms with E-state index < -0.39 is 0 Å². The molecule has 0 radical (unpaired) electrons. The number of thiophene rings is 2. The van der Waals surface area contributed by atoms with E-state index in [1.807, 2.05) is 22.7 Å². The monoisotopic (exact) mass is 544 g/mol. The first-order valence-electron chi connectivity index (χ1n) is 13.5. The van der Waals surface area contributed by atoms with Crippen molar-refractivity contribution in [1.82, 2.24) is 0 Å².